The molecule has 500 valence electrons. The fraction of sp³-hybridized carbons (Fsp3) is 0.470. The van der Waals surface area contributed by atoms with Gasteiger partial charge in [0.15, 0.2) is 11.6 Å². The largest absolute Gasteiger partial charge is 0.494 e. The molecule has 0 aromatic carbocycles. The van der Waals surface area contributed by atoms with Crippen molar-refractivity contribution in [1.29, 1.82) is 0 Å². The number of aryl methyl sites for hydroxylation is 1. The van der Waals surface area contributed by atoms with Gasteiger partial charge >= 0.3 is 6.18 Å². The van der Waals surface area contributed by atoms with E-state index in [1.165, 1.54) is 64.5 Å². The van der Waals surface area contributed by atoms with E-state index in [1.807, 2.05) is 77.4 Å². The summed E-state index contributed by atoms with van der Waals surface area (Å²) in [5, 5.41) is 9.04. The highest BCUT2D eigenvalue weighted by atomic mass is 19.4. The molecular weight excluding hydrogens is 1190 g/mol. The highest BCUT2D eigenvalue weighted by Crippen LogP contribution is 2.46. The van der Waals surface area contributed by atoms with Crippen molar-refractivity contribution in [3.05, 3.63) is 115 Å². The van der Waals surface area contributed by atoms with Gasteiger partial charge in [0.2, 0.25) is 0 Å². The molecule has 15 N–H and O–H groups in total. The Morgan fingerprint density at radius 2 is 0.806 bits per heavy atom. The topological polar surface area (TPSA) is 334 Å². The van der Waals surface area contributed by atoms with Gasteiger partial charge in [-0.1, -0.05) is 0 Å². The number of anilines is 14. The summed E-state index contributed by atoms with van der Waals surface area (Å²) in [6.45, 7) is 16.1. The highest BCUT2D eigenvalue weighted by Gasteiger charge is 2.45. The SMILES string of the molecule is COc1cc(N)cnc1N1CCCC1.COc1cc(N2CCCC2)ncc1N.Cc1nc(N2CCCC2)ccc1N.Nc1ccc(N2CC(O)C2)nc1.Nc1ccc(N2CC3CC3C2)nc1.Nc1ccc(N2CCC2)nc1.Nc1cnc(N2CCCC2)cc1C(F)(F)F. The molecule has 1 saturated carbocycles. The number of pyridine rings is 7. The minimum Gasteiger partial charge on any atom is -0.494 e. The van der Waals surface area contributed by atoms with Crippen LogP contribution in [0.4, 0.5) is 93.7 Å². The molecule has 14 heterocycles. The van der Waals surface area contributed by atoms with Crippen molar-refractivity contribution in [2.45, 2.75) is 83.4 Å². The molecular formula is C66H92F3N21O3. The molecule has 1 aliphatic carbocycles. The molecule has 0 bridgehead atoms. The minimum absolute atomic E-state index is 0.190. The fourth-order valence-corrected chi connectivity index (χ4v) is 11.5. The lowest BCUT2D eigenvalue weighted by atomic mass is 10.2. The summed E-state index contributed by atoms with van der Waals surface area (Å²) < 4.78 is 48.2. The smallest absolute Gasteiger partial charge is 0.418 e. The number of hydrogen-bond acceptors (Lipinski definition) is 24. The van der Waals surface area contributed by atoms with Gasteiger partial charge in [0.1, 0.15) is 40.7 Å². The summed E-state index contributed by atoms with van der Waals surface area (Å²) in [6, 6.07) is 20.2. The Bertz CT molecular complexity index is 3420. The Labute approximate surface area is 543 Å². The third-order valence-electron chi connectivity index (χ3n) is 17.2. The molecule has 7 aromatic heterocycles. The molecule has 27 heteroatoms. The number of aliphatic hydroxyl groups is 1. The quantitative estimate of drug-likeness (QED) is 0.0674. The van der Waals surface area contributed by atoms with E-state index < -0.39 is 11.7 Å². The van der Waals surface area contributed by atoms with Crippen molar-refractivity contribution < 1.29 is 27.8 Å². The number of hydrogen-bond donors (Lipinski definition) is 8. The molecule has 7 aromatic rings. The Balaban J connectivity index is 0.000000128. The van der Waals surface area contributed by atoms with Crippen LogP contribution in [-0.4, -0.2) is 152 Å². The molecule has 7 saturated heterocycles. The number of nitrogen functional groups attached to an aromatic ring is 7. The normalized spacial score (nSPS) is 18.4. The van der Waals surface area contributed by atoms with Gasteiger partial charge in [-0.2, -0.15) is 13.2 Å². The average Bonchev–Trinajstić information content (AvgIpc) is 1.68. The maximum atomic E-state index is 12.6. The summed E-state index contributed by atoms with van der Waals surface area (Å²) in [5.41, 5.74) is 42.8. The Morgan fingerprint density at radius 3 is 1.24 bits per heavy atom. The van der Waals surface area contributed by atoms with E-state index in [0.29, 0.717) is 41.7 Å². The maximum Gasteiger partial charge on any atom is 0.418 e. The van der Waals surface area contributed by atoms with Crippen molar-refractivity contribution in [3.8, 4) is 11.5 Å². The van der Waals surface area contributed by atoms with Crippen LogP contribution in [0.1, 0.15) is 75.5 Å². The number of piperidine rings is 1. The van der Waals surface area contributed by atoms with Crippen LogP contribution in [0.5, 0.6) is 11.5 Å². The molecule has 0 spiro atoms. The number of methoxy groups -OCH3 is 2. The van der Waals surface area contributed by atoms with Crippen LogP contribution < -0.4 is 83.9 Å². The zero-order chi connectivity index (χ0) is 66.0. The summed E-state index contributed by atoms with van der Waals surface area (Å²) in [5.74, 6) is 9.73. The number of β-amino-alcohol motifs (C(OH)–C–C–N with tert-alkyl or cyclic N) is 1. The van der Waals surface area contributed by atoms with E-state index in [1.54, 1.807) is 45.2 Å². The summed E-state index contributed by atoms with van der Waals surface area (Å²) in [6.07, 6.45) is 17.1. The number of alkyl halides is 3. The van der Waals surface area contributed by atoms with Crippen molar-refractivity contribution >= 4 is 80.5 Å². The number of rotatable bonds is 9. The van der Waals surface area contributed by atoms with Crippen LogP contribution in [0.25, 0.3) is 0 Å². The molecule has 7 aliphatic heterocycles. The second kappa shape index (κ2) is 32.2. The molecule has 15 rings (SSSR count). The van der Waals surface area contributed by atoms with E-state index >= 15 is 0 Å². The predicted octanol–water partition coefficient (Wildman–Crippen LogP) is 8.24. The van der Waals surface area contributed by atoms with Gasteiger partial charge < -0.3 is 89.0 Å². The van der Waals surface area contributed by atoms with Gasteiger partial charge in [0.25, 0.3) is 0 Å². The van der Waals surface area contributed by atoms with Crippen LogP contribution in [0.3, 0.4) is 0 Å². The lowest BCUT2D eigenvalue weighted by Crippen LogP contribution is -2.51. The number of halogens is 3. The first-order chi connectivity index (χ1) is 44.8. The number of nitrogens with two attached hydrogens (primary N) is 7. The lowest BCUT2D eigenvalue weighted by Gasteiger charge is -2.36. The van der Waals surface area contributed by atoms with Crippen LogP contribution >= 0.6 is 0 Å². The fourth-order valence-electron chi connectivity index (χ4n) is 11.5. The molecule has 2 atom stereocenters. The molecule has 0 radical (unpaired) electrons. The Morgan fingerprint density at radius 1 is 0.409 bits per heavy atom. The van der Waals surface area contributed by atoms with E-state index in [9.17, 15) is 13.2 Å². The number of ether oxygens (including phenoxy) is 2. The average molecular weight is 1280 g/mol. The molecule has 8 fully saturated rings. The van der Waals surface area contributed by atoms with Crippen molar-refractivity contribution in [2.24, 2.45) is 11.8 Å². The number of nitrogens with zero attached hydrogens (tertiary/aromatic N) is 14. The molecule has 93 heavy (non-hydrogen) atoms. The summed E-state index contributed by atoms with van der Waals surface area (Å²) in [7, 11) is 3.27. The van der Waals surface area contributed by atoms with Crippen LogP contribution in [0, 0.1) is 18.8 Å². The Hall–Kier alpha value is -9.40. The first kappa shape index (κ1) is 68.0. The zero-order valence-corrected chi connectivity index (χ0v) is 53.7. The second-order valence-corrected chi connectivity index (χ2v) is 24.2. The monoisotopic (exact) mass is 1280 g/mol. The zero-order valence-electron chi connectivity index (χ0n) is 53.7. The van der Waals surface area contributed by atoms with Crippen molar-refractivity contribution in [3.63, 3.8) is 0 Å². The Kier molecular flexibility index (Phi) is 23.6. The lowest BCUT2D eigenvalue weighted by molar-refractivity contribution is -0.136. The number of aliphatic hydroxyl groups excluding tert-OH is 1. The van der Waals surface area contributed by atoms with Gasteiger partial charge in [-0.15, -0.1) is 0 Å². The van der Waals surface area contributed by atoms with E-state index in [-0.39, 0.29) is 11.8 Å². The molecule has 24 nitrogen and oxygen atoms in total. The first-order valence-electron chi connectivity index (χ1n) is 32.0. The van der Waals surface area contributed by atoms with Gasteiger partial charge in [0, 0.05) is 104 Å². The molecule has 0 amide bonds. The van der Waals surface area contributed by atoms with Crippen LogP contribution in [0.15, 0.2) is 104 Å². The maximum absolute atomic E-state index is 12.6. The first-order valence-corrected chi connectivity index (χ1v) is 32.0. The minimum atomic E-state index is -4.42. The van der Waals surface area contributed by atoms with E-state index in [0.717, 1.165) is 166 Å². The van der Waals surface area contributed by atoms with Crippen LogP contribution in [-0.2, 0) is 6.18 Å². The number of aromatic nitrogens is 7. The number of fused-ring (bicyclic) bond motifs is 1. The van der Waals surface area contributed by atoms with Gasteiger partial charge in [-0.25, -0.2) is 34.9 Å². The van der Waals surface area contributed by atoms with E-state index in [2.05, 4.69) is 59.4 Å². The van der Waals surface area contributed by atoms with Gasteiger partial charge in [-0.3, -0.25) is 0 Å². The second-order valence-electron chi connectivity index (χ2n) is 24.2. The van der Waals surface area contributed by atoms with E-state index in [4.69, 9.17) is 54.7 Å². The molecule has 8 aliphatic rings. The van der Waals surface area contributed by atoms with Crippen molar-refractivity contribution in [2.75, 3.05) is 180 Å². The predicted molar refractivity (Wildman–Crippen MR) is 368 cm³/mol. The summed E-state index contributed by atoms with van der Waals surface area (Å²) >= 11 is 0. The standard InChI is InChI=1S/C10H12F3N3.2C10H15N3O.C10H13N3.C10H15N3.C8H11N3O.C8H11N3/c11-10(12,13)7-5-9(15-6-8(7)14)16-3-1-2-4-16;1-14-9-6-10(12-7-8(9)11)13-4-2-3-5-13;1-14-9-6-8(11)7-12-10(9)13-4-2-3-5-13;11-9-1-2-10(12-4-9)13-5-7-3-8(7)6-13;1-8-9(11)4-5-10(12-8)13-6-2-3-7-13;9-6-1-2-8(10-3-6)11-4-7(12)5-11;9-7-2-3-8(10-6-7)11-4-1-5-11/h5-6H,1-4,14H2;2*6-7H,2-5,11H2,1H3;1-2,4,7-8H,3,5-6,11H2;4-5H,2-3,6-7,11H2,1H3;1-3,7,12H,4-5,9H2;2-3,6H,1,4-5,9H2. The third-order valence-corrected chi connectivity index (χ3v) is 17.2. The summed E-state index contributed by atoms with van der Waals surface area (Å²) in [4.78, 5) is 44.9. The van der Waals surface area contributed by atoms with Gasteiger partial charge in [-0.05, 0) is 138 Å². The third kappa shape index (κ3) is 19.3. The van der Waals surface area contributed by atoms with Crippen LogP contribution in [0.2, 0.25) is 0 Å². The van der Waals surface area contributed by atoms with Crippen molar-refractivity contribution in [1.82, 2.24) is 34.9 Å². The highest BCUT2D eigenvalue weighted by molar-refractivity contribution is 5.60. The molecule has 2 unspecified atom stereocenters. The van der Waals surface area contributed by atoms with Gasteiger partial charge in [0.05, 0.1) is 109 Å².